The summed E-state index contributed by atoms with van der Waals surface area (Å²) in [6, 6.07) is 8.55. The van der Waals surface area contributed by atoms with Gasteiger partial charge >= 0.3 is 0 Å². The van der Waals surface area contributed by atoms with Gasteiger partial charge in [-0.25, -0.2) is 9.97 Å². The molecule has 0 aliphatic heterocycles. The van der Waals surface area contributed by atoms with Crippen LogP contribution in [-0.2, 0) is 9.47 Å². The van der Waals surface area contributed by atoms with Gasteiger partial charge in [0.15, 0.2) is 0 Å². The zero-order valence-corrected chi connectivity index (χ0v) is 23.4. The van der Waals surface area contributed by atoms with Crippen molar-refractivity contribution in [1.29, 1.82) is 0 Å². The maximum Gasteiger partial charge on any atom is 0.104 e. The van der Waals surface area contributed by atoms with E-state index >= 15 is 0 Å². The molecule has 0 unspecified atom stereocenters. The van der Waals surface area contributed by atoms with Gasteiger partial charge in [-0.05, 0) is 60.8 Å². The molecule has 0 saturated heterocycles. The molecule has 2 heterocycles. The first-order valence-electron chi connectivity index (χ1n) is 13.1. The monoisotopic (exact) mass is 468 g/mol. The number of hydrogen-bond acceptors (Lipinski definition) is 4. The van der Waals surface area contributed by atoms with Gasteiger partial charge in [0.05, 0.1) is 22.8 Å². The molecular formula is C30H48N2O2. The van der Waals surface area contributed by atoms with Crippen LogP contribution < -0.4 is 0 Å². The van der Waals surface area contributed by atoms with E-state index in [2.05, 4.69) is 93.5 Å². The minimum atomic E-state index is -0.0680. The largest absolute Gasteiger partial charge is 0.371 e. The molecule has 0 N–H and O–H groups in total. The fraction of sp³-hybridized carbons (Fsp3) is 0.667. The van der Waals surface area contributed by atoms with Crippen LogP contribution >= 0.6 is 0 Å². The summed E-state index contributed by atoms with van der Waals surface area (Å²) in [5.74, 6) is 0. The number of rotatable bonds is 11. The Balaban J connectivity index is 2.52. The number of pyridine rings is 2. The smallest absolute Gasteiger partial charge is 0.104 e. The average Bonchev–Trinajstić information content (AvgIpc) is 2.74. The highest BCUT2D eigenvalue weighted by Gasteiger charge is 2.31. The normalized spacial score (nSPS) is 14.3. The first-order valence-corrected chi connectivity index (χ1v) is 13.1. The molecule has 0 amide bonds. The third kappa shape index (κ3) is 7.61. The zero-order chi connectivity index (χ0) is 25.5. The highest BCUT2D eigenvalue weighted by Crippen LogP contribution is 2.39. The van der Waals surface area contributed by atoms with Crippen LogP contribution in [0.25, 0.3) is 11.4 Å². The van der Waals surface area contributed by atoms with Crippen molar-refractivity contribution in [3.8, 4) is 11.4 Å². The fourth-order valence-corrected chi connectivity index (χ4v) is 4.11. The quantitative estimate of drug-likeness (QED) is 0.310. The lowest BCUT2D eigenvalue weighted by molar-refractivity contribution is -0.0239. The molecule has 0 aliphatic rings. The van der Waals surface area contributed by atoms with Gasteiger partial charge < -0.3 is 9.47 Å². The molecule has 4 heteroatoms. The highest BCUT2D eigenvalue weighted by atomic mass is 16.5. The molecule has 0 bridgehead atoms. The second kappa shape index (κ2) is 12.3. The van der Waals surface area contributed by atoms with Gasteiger partial charge in [-0.15, -0.1) is 0 Å². The van der Waals surface area contributed by atoms with E-state index in [1.54, 1.807) is 0 Å². The van der Waals surface area contributed by atoms with E-state index in [0.29, 0.717) is 0 Å². The highest BCUT2D eigenvalue weighted by molar-refractivity contribution is 5.63. The summed E-state index contributed by atoms with van der Waals surface area (Å²) in [6.45, 7) is 23.4. The minimum Gasteiger partial charge on any atom is -0.371 e. The molecule has 2 aromatic rings. The van der Waals surface area contributed by atoms with Crippen molar-refractivity contribution in [2.45, 2.75) is 107 Å². The number of ether oxygens (including phenoxy) is 2. The van der Waals surface area contributed by atoms with Crippen molar-refractivity contribution in [2.24, 2.45) is 10.8 Å². The van der Waals surface area contributed by atoms with E-state index in [9.17, 15) is 0 Å². The lowest BCUT2D eigenvalue weighted by atomic mass is 9.86. The van der Waals surface area contributed by atoms with Crippen LogP contribution in [0, 0.1) is 24.7 Å². The maximum atomic E-state index is 6.35. The van der Waals surface area contributed by atoms with Crippen LogP contribution in [0.5, 0.6) is 0 Å². The molecule has 0 fully saturated rings. The average molecular weight is 469 g/mol. The van der Waals surface area contributed by atoms with Crippen LogP contribution in [-0.4, -0.2) is 23.2 Å². The molecular weight excluding hydrogens is 420 g/mol. The second-order valence-electron chi connectivity index (χ2n) is 11.7. The van der Waals surface area contributed by atoms with E-state index in [-0.39, 0.29) is 23.0 Å². The third-order valence-electron chi connectivity index (χ3n) is 6.14. The lowest BCUT2D eigenvalue weighted by Crippen LogP contribution is -2.24. The number of aromatic nitrogens is 2. The Morgan fingerprint density at radius 1 is 0.647 bits per heavy atom. The number of nitrogens with zero attached hydrogens (tertiary/aromatic N) is 2. The van der Waals surface area contributed by atoms with Gasteiger partial charge in [-0.1, -0.05) is 80.4 Å². The van der Waals surface area contributed by atoms with Crippen LogP contribution in [0.15, 0.2) is 24.3 Å². The molecule has 0 aromatic carbocycles. The summed E-state index contributed by atoms with van der Waals surface area (Å²) in [4.78, 5) is 10.3. The summed E-state index contributed by atoms with van der Waals surface area (Å²) in [7, 11) is 0. The van der Waals surface area contributed by atoms with Crippen molar-refractivity contribution in [3.05, 3.63) is 46.8 Å². The topological polar surface area (TPSA) is 44.2 Å². The number of hydrogen-bond donors (Lipinski definition) is 0. The van der Waals surface area contributed by atoms with Crippen molar-refractivity contribution in [1.82, 2.24) is 9.97 Å². The third-order valence-corrected chi connectivity index (χ3v) is 6.14. The Morgan fingerprint density at radius 2 is 1.00 bits per heavy atom. The summed E-state index contributed by atoms with van der Waals surface area (Å²) in [5.41, 5.74) is 5.96. The van der Waals surface area contributed by atoms with Crippen LogP contribution in [0.2, 0.25) is 0 Å². The molecule has 34 heavy (non-hydrogen) atoms. The van der Waals surface area contributed by atoms with Crippen molar-refractivity contribution < 1.29 is 9.47 Å². The van der Waals surface area contributed by atoms with E-state index < -0.39 is 0 Å². The lowest BCUT2D eigenvalue weighted by Gasteiger charge is -2.31. The molecule has 2 aromatic heterocycles. The number of aryl methyl sites for hydroxylation is 2. The van der Waals surface area contributed by atoms with E-state index in [4.69, 9.17) is 19.4 Å². The SMILES string of the molecule is CCCCO[C@@H](c1ccc(C)c(-c2nc([C@H](OCCCC)C(C)(C)C)ccc2C)n1)C(C)(C)C. The van der Waals surface area contributed by atoms with Gasteiger partial charge in [0.2, 0.25) is 0 Å². The fourth-order valence-electron chi connectivity index (χ4n) is 4.11. The summed E-state index contributed by atoms with van der Waals surface area (Å²) < 4.78 is 12.7. The van der Waals surface area contributed by atoms with Gasteiger partial charge in [0.25, 0.3) is 0 Å². The minimum absolute atomic E-state index is 0.0535. The second-order valence-corrected chi connectivity index (χ2v) is 11.7. The standard InChI is InChI=1S/C30H48N2O2/c1-11-13-19-33-27(29(5,6)7)23-17-15-21(3)25(31-23)26-22(4)16-18-24(32-26)28(30(8,9)10)34-20-14-12-2/h15-18,27-28H,11-14,19-20H2,1-10H3/t27-,28-/m0/s1. The predicted molar refractivity (Wildman–Crippen MR) is 143 cm³/mol. The Hall–Kier alpha value is -1.78. The van der Waals surface area contributed by atoms with Gasteiger partial charge in [0, 0.05) is 13.2 Å². The summed E-state index contributed by atoms with van der Waals surface area (Å²) >= 11 is 0. The van der Waals surface area contributed by atoms with E-state index in [1.165, 1.54) is 0 Å². The van der Waals surface area contributed by atoms with E-state index in [0.717, 1.165) is 72.8 Å². The zero-order valence-electron chi connectivity index (χ0n) is 23.4. The maximum absolute atomic E-state index is 6.35. The number of unbranched alkanes of at least 4 members (excludes halogenated alkanes) is 2. The van der Waals surface area contributed by atoms with Gasteiger partial charge in [-0.3, -0.25) is 0 Å². The Kier molecular flexibility index (Phi) is 10.3. The Bertz CT molecular complexity index is 833. The molecule has 190 valence electrons. The van der Waals surface area contributed by atoms with Crippen LogP contribution in [0.1, 0.15) is 116 Å². The first-order chi connectivity index (χ1) is 15.9. The van der Waals surface area contributed by atoms with Crippen molar-refractivity contribution in [2.75, 3.05) is 13.2 Å². The Labute approximate surface area is 208 Å². The Morgan fingerprint density at radius 3 is 1.29 bits per heavy atom. The molecule has 0 saturated carbocycles. The van der Waals surface area contributed by atoms with Crippen LogP contribution in [0.4, 0.5) is 0 Å². The summed E-state index contributed by atoms with van der Waals surface area (Å²) in [6.07, 6.45) is 4.21. The summed E-state index contributed by atoms with van der Waals surface area (Å²) in [5, 5.41) is 0. The van der Waals surface area contributed by atoms with Crippen molar-refractivity contribution >= 4 is 0 Å². The van der Waals surface area contributed by atoms with Gasteiger partial charge in [-0.2, -0.15) is 0 Å². The molecule has 0 radical (unpaired) electrons. The van der Waals surface area contributed by atoms with Crippen molar-refractivity contribution in [3.63, 3.8) is 0 Å². The molecule has 2 rings (SSSR count). The predicted octanol–water partition coefficient (Wildman–Crippen LogP) is 8.57. The first kappa shape index (κ1) is 28.5. The van der Waals surface area contributed by atoms with Crippen LogP contribution in [0.3, 0.4) is 0 Å². The molecule has 4 nitrogen and oxygen atoms in total. The molecule has 0 spiro atoms. The van der Waals surface area contributed by atoms with E-state index in [1.807, 2.05) is 0 Å². The van der Waals surface area contributed by atoms with Gasteiger partial charge in [0.1, 0.15) is 12.2 Å². The molecule has 0 aliphatic carbocycles. The molecule has 2 atom stereocenters.